The van der Waals surface area contributed by atoms with E-state index in [0.29, 0.717) is 17.6 Å². The average molecular weight is 336 g/mol. The maximum absolute atomic E-state index is 13.1. The molecule has 7 heteroatoms. The van der Waals surface area contributed by atoms with Crippen molar-refractivity contribution >= 4 is 5.95 Å². The summed E-state index contributed by atoms with van der Waals surface area (Å²) in [6.45, 7) is 4.57. The number of anilines is 1. The fraction of sp³-hybridized carbons (Fsp3) is 0.412. The van der Waals surface area contributed by atoms with E-state index in [0.717, 1.165) is 32.1 Å². The third-order valence-electron chi connectivity index (χ3n) is 4.17. The molecule has 2 heterocycles. The molecule has 2 aromatic rings. The van der Waals surface area contributed by atoms with Crippen molar-refractivity contribution in [1.29, 1.82) is 0 Å². The van der Waals surface area contributed by atoms with Gasteiger partial charge in [0.25, 0.3) is 0 Å². The van der Waals surface area contributed by atoms with Gasteiger partial charge < -0.3 is 10.2 Å². The summed E-state index contributed by atoms with van der Waals surface area (Å²) in [4.78, 5) is 10.6. The van der Waals surface area contributed by atoms with Gasteiger partial charge in [-0.15, -0.1) is 0 Å². The van der Waals surface area contributed by atoms with Gasteiger partial charge in [-0.1, -0.05) is 18.2 Å². The Morgan fingerprint density at radius 3 is 2.54 bits per heavy atom. The summed E-state index contributed by atoms with van der Waals surface area (Å²) in [6.07, 6.45) is -0.493. The molecule has 0 saturated carbocycles. The summed E-state index contributed by atoms with van der Waals surface area (Å²) in [6, 6.07) is 5.92. The lowest BCUT2D eigenvalue weighted by Gasteiger charge is -2.20. The minimum Gasteiger partial charge on any atom is -0.339 e. The van der Waals surface area contributed by atoms with E-state index in [1.807, 2.05) is 0 Å². The van der Waals surface area contributed by atoms with Crippen LogP contribution in [0.5, 0.6) is 0 Å². The van der Waals surface area contributed by atoms with Gasteiger partial charge in [0.05, 0.1) is 5.56 Å². The molecule has 1 aromatic carbocycles. The van der Waals surface area contributed by atoms with Crippen LogP contribution >= 0.6 is 0 Å². The Bertz CT molecular complexity index is 685. The van der Waals surface area contributed by atoms with Crippen molar-refractivity contribution in [1.82, 2.24) is 15.3 Å². The second-order valence-electron chi connectivity index (χ2n) is 5.95. The summed E-state index contributed by atoms with van der Waals surface area (Å²) in [5.41, 5.74) is -0.204. The lowest BCUT2D eigenvalue weighted by atomic mass is 10.0. The highest BCUT2D eigenvalue weighted by Crippen LogP contribution is 2.36. The normalized spacial score (nSPS) is 19.2. The zero-order valence-corrected chi connectivity index (χ0v) is 13.3. The van der Waals surface area contributed by atoms with Gasteiger partial charge in [-0.05, 0) is 25.0 Å². The topological polar surface area (TPSA) is 41.1 Å². The maximum Gasteiger partial charge on any atom is 0.417 e. The number of alkyl halides is 3. The van der Waals surface area contributed by atoms with Crippen LogP contribution in [0.3, 0.4) is 0 Å². The summed E-state index contributed by atoms with van der Waals surface area (Å²) >= 11 is 0. The minimum absolute atomic E-state index is 0.0997. The zero-order chi connectivity index (χ0) is 17.2. The highest BCUT2D eigenvalue weighted by Gasteiger charge is 2.33. The van der Waals surface area contributed by atoms with Gasteiger partial charge >= 0.3 is 6.18 Å². The first kappa shape index (κ1) is 16.7. The van der Waals surface area contributed by atoms with E-state index < -0.39 is 11.7 Å². The number of benzene rings is 1. The lowest BCUT2D eigenvalue weighted by Crippen LogP contribution is -2.30. The molecule has 1 saturated heterocycles. The number of rotatable bonds is 2. The molecule has 1 fully saturated rings. The number of nitrogens with zero attached hydrogens (tertiary/aromatic N) is 3. The van der Waals surface area contributed by atoms with E-state index in [1.54, 1.807) is 6.07 Å². The molecule has 0 spiro atoms. The third-order valence-corrected chi connectivity index (χ3v) is 4.17. The summed E-state index contributed by atoms with van der Waals surface area (Å²) in [5.74, 6) is 0.555. The summed E-state index contributed by atoms with van der Waals surface area (Å²) in [5, 5.41) is 3.38. The number of hydrogen-bond acceptors (Lipinski definition) is 4. The molecular formula is C17H19F3N4. The van der Waals surface area contributed by atoms with E-state index in [2.05, 4.69) is 27.1 Å². The van der Waals surface area contributed by atoms with Crippen molar-refractivity contribution in [3.05, 3.63) is 42.2 Å². The monoisotopic (exact) mass is 336 g/mol. The Kier molecular flexibility index (Phi) is 4.71. The number of aromatic nitrogens is 2. The van der Waals surface area contributed by atoms with Crippen molar-refractivity contribution in [2.24, 2.45) is 0 Å². The highest BCUT2D eigenvalue weighted by molar-refractivity contribution is 5.67. The molecule has 1 N–H and O–H groups in total. The molecule has 0 amide bonds. The predicted molar refractivity (Wildman–Crippen MR) is 86.8 cm³/mol. The van der Waals surface area contributed by atoms with Crippen LogP contribution in [-0.4, -0.2) is 35.6 Å². The first-order valence-electron chi connectivity index (χ1n) is 7.92. The Morgan fingerprint density at radius 2 is 1.83 bits per heavy atom. The molecule has 1 aromatic heterocycles. The first-order valence-corrected chi connectivity index (χ1v) is 7.92. The van der Waals surface area contributed by atoms with E-state index in [-0.39, 0.29) is 5.56 Å². The smallest absolute Gasteiger partial charge is 0.339 e. The summed E-state index contributed by atoms with van der Waals surface area (Å²) in [7, 11) is 0. The van der Waals surface area contributed by atoms with Crippen molar-refractivity contribution in [2.75, 3.05) is 24.5 Å². The average Bonchev–Trinajstić information content (AvgIpc) is 2.79. The summed E-state index contributed by atoms with van der Waals surface area (Å²) < 4.78 is 39.4. The van der Waals surface area contributed by atoms with E-state index in [1.165, 1.54) is 24.5 Å². The van der Waals surface area contributed by atoms with Crippen molar-refractivity contribution < 1.29 is 13.2 Å². The van der Waals surface area contributed by atoms with Crippen molar-refractivity contribution in [2.45, 2.75) is 25.6 Å². The molecule has 1 aliphatic rings. The molecule has 0 bridgehead atoms. The quantitative estimate of drug-likeness (QED) is 0.913. The molecule has 24 heavy (non-hydrogen) atoms. The van der Waals surface area contributed by atoms with Gasteiger partial charge in [-0.3, -0.25) is 0 Å². The molecule has 4 nitrogen and oxygen atoms in total. The van der Waals surface area contributed by atoms with Gasteiger partial charge in [0.15, 0.2) is 0 Å². The predicted octanol–water partition coefficient (Wildman–Crippen LogP) is 3.35. The number of nitrogens with one attached hydrogen (secondary N) is 1. The largest absolute Gasteiger partial charge is 0.417 e. The second kappa shape index (κ2) is 6.76. The van der Waals surface area contributed by atoms with Gasteiger partial charge in [0.1, 0.15) is 0 Å². The Morgan fingerprint density at radius 1 is 1.12 bits per heavy atom. The van der Waals surface area contributed by atoms with Crippen LogP contribution in [-0.2, 0) is 6.18 Å². The Hall–Kier alpha value is -2.15. The van der Waals surface area contributed by atoms with Gasteiger partial charge in [0.2, 0.25) is 5.95 Å². The minimum atomic E-state index is -4.40. The van der Waals surface area contributed by atoms with Crippen LogP contribution in [0, 0.1) is 0 Å². The van der Waals surface area contributed by atoms with Gasteiger partial charge in [-0.25, -0.2) is 9.97 Å². The van der Waals surface area contributed by atoms with E-state index >= 15 is 0 Å². The Labute approximate surface area is 138 Å². The van der Waals surface area contributed by atoms with E-state index in [9.17, 15) is 13.2 Å². The van der Waals surface area contributed by atoms with Gasteiger partial charge in [0, 0.05) is 43.6 Å². The number of hydrogen-bond donors (Lipinski definition) is 1. The standard InChI is InChI=1S/C17H19F3N4/c1-12-6-8-24(9-7-21-12)16-22-10-13(11-23-16)14-4-2-3-5-15(14)17(18,19)20/h2-5,10-12,21H,6-9H2,1H3. The molecule has 1 unspecified atom stereocenters. The molecule has 0 aliphatic carbocycles. The third kappa shape index (κ3) is 3.67. The maximum atomic E-state index is 13.1. The lowest BCUT2D eigenvalue weighted by molar-refractivity contribution is -0.137. The Balaban J connectivity index is 1.85. The fourth-order valence-corrected chi connectivity index (χ4v) is 2.81. The SMILES string of the molecule is CC1CCN(c2ncc(-c3ccccc3C(F)(F)F)cn2)CCN1. The van der Waals surface area contributed by atoms with Crippen LogP contribution < -0.4 is 10.2 Å². The van der Waals surface area contributed by atoms with Crippen LogP contribution in [0.15, 0.2) is 36.7 Å². The van der Waals surface area contributed by atoms with Crippen LogP contribution in [0.2, 0.25) is 0 Å². The molecular weight excluding hydrogens is 317 g/mol. The van der Waals surface area contributed by atoms with Crippen LogP contribution in [0.4, 0.5) is 19.1 Å². The molecule has 3 rings (SSSR count). The van der Waals surface area contributed by atoms with Crippen molar-refractivity contribution in [3.8, 4) is 11.1 Å². The zero-order valence-electron chi connectivity index (χ0n) is 13.3. The number of halogens is 3. The molecule has 1 atom stereocenters. The second-order valence-corrected chi connectivity index (χ2v) is 5.95. The van der Waals surface area contributed by atoms with Gasteiger partial charge in [-0.2, -0.15) is 13.2 Å². The molecule has 1 aliphatic heterocycles. The van der Waals surface area contributed by atoms with E-state index in [4.69, 9.17) is 0 Å². The molecule has 128 valence electrons. The van der Waals surface area contributed by atoms with Crippen LogP contribution in [0.1, 0.15) is 18.9 Å². The fourth-order valence-electron chi connectivity index (χ4n) is 2.81. The van der Waals surface area contributed by atoms with Crippen molar-refractivity contribution in [3.63, 3.8) is 0 Å². The molecule has 0 radical (unpaired) electrons. The van der Waals surface area contributed by atoms with Crippen LogP contribution in [0.25, 0.3) is 11.1 Å². The first-order chi connectivity index (χ1) is 11.4. The highest BCUT2D eigenvalue weighted by atomic mass is 19.4.